The highest BCUT2D eigenvalue weighted by molar-refractivity contribution is 6.30. The lowest BCUT2D eigenvalue weighted by Crippen LogP contribution is -2.31. The largest absolute Gasteiger partial charge is 0.382 e. The third-order valence-electron chi connectivity index (χ3n) is 3.64. The van der Waals surface area contributed by atoms with Gasteiger partial charge in [-0.3, -0.25) is 5.10 Å². The minimum Gasteiger partial charge on any atom is -0.382 e. The van der Waals surface area contributed by atoms with Gasteiger partial charge in [-0.1, -0.05) is 17.7 Å². The van der Waals surface area contributed by atoms with Crippen LogP contribution in [0.3, 0.4) is 0 Å². The number of carbonyl (C=O) groups excluding carboxylic acids is 1. The molecular weight excluding hydrogens is 333 g/mol. The van der Waals surface area contributed by atoms with E-state index in [0.717, 1.165) is 10.9 Å². The second kappa shape index (κ2) is 6.37. The maximum absolute atomic E-state index is 13.2. The number of nitrogens with one attached hydrogen (secondary N) is 3. The smallest absolute Gasteiger partial charge is 0.319 e. The molecule has 124 valence electrons. The molecule has 24 heavy (non-hydrogen) atoms. The molecule has 8 heteroatoms. The topological polar surface area (TPSA) is 95.8 Å². The van der Waals surface area contributed by atoms with E-state index in [4.69, 9.17) is 17.3 Å². The minimum absolute atomic E-state index is 0.0162. The summed E-state index contributed by atoms with van der Waals surface area (Å²) in [6.45, 7) is 1.78. The van der Waals surface area contributed by atoms with E-state index in [1.165, 1.54) is 12.1 Å². The van der Waals surface area contributed by atoms with Gasteiger partial charge >= 0.3 is 6.03 Å². The molecule has 1 heterocycles. The van der Waals surface area contributed by atoms with Crippen molar-refractivity contribution in [3.63, 3.8) is 0 Å². The van der Waals surface area contributed by atoms with Crippen LogP contribution in [0.5, 0.6) is 0 Å². The van der Waals surface area contributed by atoms with Gasteiger partial charge in [0.2, 0.25) is 0 Å². The highest BCUT2D eigenvalue weighted by atomic mass is 35.5. The molecule has 0 radical (unpaired) electrons. The number of aromatic amines is 1. The van der Waals surface area contributed by atoms with Gasteiger partial charge in [0.15, 0.2) is 5.82 Å². The average Bonchev–Trinajstić information content (AvgIpc) is 2.91. The molecule has 2 amide bonds. The first-order chi connectivity index (χ1) is 11.4. The van der Waals surface area contributed by atoms with Crippen molar-refractivity contribution in [2.45, 2.75) is 13.0 Å². The molecule has 0 aliphatic heterocycles. The van der Waals surface area contributed by atoms with Gasteiger partial charge in [0, 0.05) is 11.1 Å². The van der Waals surface area contributed by atoms with Gasteiger partial charge in [-0.05, 0) is 42.8 Å². The van der Waals surface area contributed by atoms with Crippen molar-refractivity contribution in [1.29, 1.82) is 0 Å². The molecule has 1 atom stereocenters. The normalized spacial score (nSPS) is 12.1. The number of nitrogens with two attached hydrogens (primary N) is 1. The summed E-state index contributed by atoms with van der Waals surface area (Å²) in [6, 6.07) is 8.83. The van der Waals surface area contributed by atoms with Crippen molar-refractivity contribution in [3.8, 4) is 0 Å². The lowest BCUT2D eigenvalue weighted by molar-refractivity contribution is 0.249. The van der Waals surface area contributed by atoms with Crippen LogP contribution in [-0.2, 0) is 0 Å². The molecule has 1 aromatic heterocycles. The van der Waals surface area contributed by atoms with Gasteiger partial charge in [0.05, 0.1) is 16.6 Å². The summed E-state index contributed by atoms with van der Waals surface area (Å²) in [4.78, 5) is 12.1. The van der Waals surface area contributed by atoms with E-state index in [9.17, 15) is 9.18 Å². The zero-order valence-electron chi connectivity index (χ0n) is 12.7. The molecule has 0 bridgehead atoms. The van der Waals surface area contributed by atoms with Gasteiger partial charge in [-0.15, -0.1) is 0 Å². The van der Waals surface area contributed by atoms with Crippen molar-refractivity contribution in [3.05, 3.63) is 52.8 Å². The fourth-order valence-corrected chi connectivity index (χ4v) is 2.53. The summed E-state index contributed by atoms with van der Waals surface area (Å²) in [6.07, 6.45) is 0. The zero-order valence-corrected chi connectivity index (χ0v) is 13.5. The monoisotopic (exact) mass is 347 g/mol. The second-order valence-electron chi connectivity index (χ2n) is 5.36. The SMILES string of the molecule is CC(NC(=O)Nc1ccc2[nH]nc(N)c2c1)c1ccc(F)c(Cl)c1. The maximum Gasteiger partial charge on any atom is 0.319 e. The fourth-order valence-electron chi connectivity index (χ4n) is 2.34. The quantitative estimate of drug-likeness (QED) is 0.580. The summed E-state index contributed by atoms with van der Waals surface area (Å²) < 4.78 is 13.2. The van der Waals surface area contributed by atoms with Crippen LogP contribution >= 0.6 is 11.6 Å². The van der Waals surface area contributed by atoms with Crippen molar-refractivity contribution in [2.75, 3.05) is 11.1 Å². The number of amides is 2. The number of hydrogen-bond donors (Lipinski definition) is 4. The number of carbonyl (C=O) groups is 1. The van der Waals surface area contributed by atoms with E-state index in [0.29, 0.717) is 17.1 Å². The minimum atomic E-state index is -0.497. The third-order valence-corrected chi connectivity index (χ3v) is 3.93. The first kappa shape index (κ1) is 16.1. The molecule has 5 N–H and O–H groups in total. The van der Waals surface area contributed by atoms with Crippen LogP contribution in [-0.4, -0.2) is 16.2 Å². The lowest BCUT2D eigenvalue weighted by Gasteiger charge is -2.15. The number of halogens is 2. The standard InChI is InChI=1S/C16H15ClFN5O/c1-8(9-2-4-13(18)12(17)6-9)20-16(24)21-10-3-5-14-11(7-10)15(19)23-22-14/h2-8H,1H3,(H3,19,22,23)(H2,20,21,24). The molecule has 0 aliphatic carbocycles. The van der Waals surface area contributed by atoms with Crippen molar-refractivity contribution >= 4 is 40.0 Å². The number of rotatable bonds is 3. The summed E-state index contributed by atoms with van der Waals surface area (Å²) in [5.74, 6) is -0.133. The predicted molar refractivity (Wildman–Crippen MR) is 92.5 cm³/mol. The number of urea groups is 1. The molecule has 0 aliphatic rings. The van der Waals surface area contributed by atoms with Crippen molar-refractivity contribution in [2.24, 2.45) is 0 Å². The Morgan fingerprint density at radius 3 is 2.88 bits per heavy atom. The van der Waals surface area contributed by atoms with Crippen LogP contribution in [0.1, 0.15) is 18.5 Å². The summed E-state index contributed by atoms with van der Waals surface area (Å²) in [7, 11) is 0. The van der Waals surface area contributed by atoms with E-state index in [1.807, 2.05) is 0 Å². The first-order valence-electron chi connectivity index (χ1n) is 7.20. The number of fused-ring (bicyclic) bond motifs is 1. The Labute approximate surface area is 142 Å². The van der Waals surface area contributed by atoms with E-state index >= 15 is 0 Å². The third kappa shape index (κ3) is 3.26. The van der Waals surface area contributed by atoms with E-state index in [2.05, 4.69) is 20.8 Å². The second-order valence-corrected chi connectivity index (χ2v) is 5.77. The Balaban J connectivity index is 1.69. The van der Waals surface area contributed by atoms with E-state index < -0.39 is 11.8 Å². The molecule has 2 aromatic carbocycles. The van der Waals surface area contributed by atoms with Crippen LogP contribution in [0.25, 0.3) is 10.9 Å². The van der Waals surface area contributed by atoms with Crippen LogP contribution < -0.4 is 16.4 Å². The summed E-state index contributed by atoms with van der Waals surface area (Å²) >= 11 is 5.76. The van der Waals surface area contributed by atoms with Crippen LogP contribution in [0.2, 0.25) is 5.02 Å². The molecule has 3 aromatic rings. The first-order valence-corrected chi connectivity index (χ1v) is 7.58. The van der Waals surface area contributed by atoms with Crippen LogP contribution in [0.4, 0.5) is 20.7 Å². The van der Waals surface area contributed by atoms with Gasteiger partial charge in [-0.25, -0.2) is 9.18 Å². The maximum atomic E-state index is 13.2. The average molecular weight is 348 g/mol. The number of hydrogen-bond acceptors (Lipinski definition) is 3. The molecule has 0 saturated carbocycles. The Hall–Kier alpha value is -2.80. The molecule has 0 saturated heterocycles. The summed E-state index contributed by atoms with van der Waals surface area (Å²) in [5, 5.41) is 12.9. The molecular formula is C16H15ClFN5O. The summed E-state index contributed by atoms with van der Waals surface area (Å²) in [5.41, 5.74) is 7.81. The molecule has 0 fully saturated rings. The molecule has 0 spiro atoms. The Bertz CT molecular complexity index is 911. The Kier molecular flexibility index (Phi) is 4.26. The Morgan fingerprint density at radius 1 is 1.33 bits per heavy atom. The number of H-pyrrole nitrogens is 1. The predicted octanol–water partition coefficient (Wildman–Crippen LogP) is 3.82. The highest BCUT2D eigenvalue weighted by Gasteiger charge is 2.12. The van der Waals surface area contributed by atoms with Gasteiger partial charge in [-0.2, -0.15) is 5.10 Å². The van der Waals surface area contributed by atoms with Crippen LogP contribution in [0, 0.1) is 5.82 Å². The van der Waals surface area contributed by atoms with Crippen molar-refractivity contribution < 1.29 is 9.18 Å². The van der Waals surface area contributed by atoms with Crippen LogP contribution in [0.15, 0.2) is 36.4 Å². The fraction of sp³-hybridized carbons (Fsp3) is 0.125. The number of nitrogen functional groups attached to an aromatic ring is 1. The number of aromatic nitrogens is 2. The van der Waals surface area contributed by atoms with Gasteiger partial charge in [0.1, 0.15) is 5.82 Å². The molecule has 3 rings (SSSR count). The molecule has 1 unspecified atom stereocenters. The van der Waals surface area contributed by atoms with E-state index in [1.54, 1.807) is 31.2 Å². The number of anilines is 2. The zero-order chi connectivity index (χ0) is 17.3. The highest BCUT2D eigenvalue weighted by Crippen LogP contribution is 2.23. The number of benzene rings is 2. The Morgan fingerprint density at radius 2 is 2.12 bits per heavy atom. The van der Waals surface area contributed by atoms with Gasteiger partial charge in [0.25, 0.3) is 0 Å². The van der Waals surface area contributed by atoms with Crippen molar-refractivity contribution in [1.82, 2.24) is 15.5 Å². The molecule has 6 nitrogen and oxygen atoms in total. The van der Waals surface area contributed by atoms with Gasteiger partial charge < -0.3 is 16.4 Å². The number of nitrogens with zero attached hydrogens (tertiary/aromatic N) is 1. The van der Waals surface area contributed by atoms with E-state index in [-0.39, 0.29) is 11.1 Å². The lowest BCUT2D eigenvalue weighted by atomic mass is 10.1.